The van der Waals surface area contributed by atoms with Gasteiger partial charge in [0.2, 0.25) is 0 Å². The van der Waals surface area contributed by atoms with Crippen molar-refractivity contribution in [3.63, 3.8) is 0 Å². The molecule has 0 spiro atoms. The lowest BCUT2D eigenvalue weighted by atomic mass is 10.1. The van der Waals surface area contributed by atoms with Gasteiger partial charge in [-0.1, -0.05) is 6.07 Å². The van der Waals surface area contributed by atoms with Gasteiger partial charge in [0.1, 0.15) is 18.1 Å². The summed E-state index contributed by atoms with van der Waals surface area (Å²) in [6.07, 6.45) is 2.39. The first-order valence-electron chi connectivity index (χ1n) is 6.18. The molecule has 0 N–H and O–H groups in total. The highest BCUT2D eigenvalue weighted by Gasteiger charge is 2.00. The van der Waals surface area contributed by atoms with Crippen molar-refractivity contribution in [3.05, 3.63) is 41.5 Å². The second kappa shape index (κ2) is 6.01. The van der Waals surface area contributed by atoms with Gasteiger partial charge in [0, 0.05) is 13.0 Å². The van der Waals surface area contributed by atoms with E-state index in [0.29, 0.717) is 13.2 Å². The monoisotopic (exact) mass is 256 g/mol. The van der Waals surface area contributed by atoms with E-state index in [9.17, 15) is 0 Å². The average molecular weight is 256 g/mol. The fraction of sp³-hybridized carbons (Fsp3) is 0.357. The molecule has 5 nitrogen and oxygen atoms in total. The Morgan fingerprint density at radius 3 is 2.63 bits per heavy atom. The highest BCUT2D eigenvalue weighted by Crippen LogP contribution is 2.16. The van der Waals surface area contributed by atoms with Crippen molar-refractivity contribution in [1.82, 2.24) is 14.8 Å². The molecule has 0 saturated heterocycles. The highest BCUT2D eigenvalue weighted by molar-refractivity contribution is 5.32. The minimum atomic E-state index is 0.204. The molecule has 0 aliphatic heterocycles. The molecular weight excluding hydrogens is 240 g/mol. The van der Waals surface area contributed by atoms with E-state index >= 15 is 0 Å². The first kappa shape index (κ1) is 13.1. The van der Waals surface area contributed by atoms with E-state index in [1.54, 1.807) is 11.0 Å². The molecule has 0 unspecified atom stereocenters. The van der Waals surface area contributed by atoms with Crippen LogP contribution in [0.15, 0.2) is 24.5 Å². The van der Waals surface area contributed by atoms with E-state index in [2.05, 4.69) is 30.0 Å². The molecule has 0 aliphatic carbocycles. The molecule has 5 heteroatoms. The molecule has 2 rings (SSSR count). The summed E-state index contributed by atoms with van der Waals surface area (Å²) in [5, 5.41) is 12.6. The summed E-state index contributed by atoms with van der Waals surface area (Å²) in [6, 6.07) is 8.07. The summed E-state index contributed by atoms with van der Waals surface area (Å²) >= 11 is 0. The second-order valence-corrected chi connectivity index (χ2v) is 4.47. The fourth-order valence-corrected chi connectivity index (χ4v) is 1.89. The van der Waals surface area contributed by atoms with E-state index in [-0.39, 0.29) is 5.82 Å². The van der Waals surface area contributed by atoms with Crippen LogP contribution in [0.3, 0.4) is 0 Å². The van der Waals surface area contributed by atoms with E-state index in [1.165, 1.54) is 11.1 Å². The Morgan fingerprint density at radius 2 is 2.00 bits per heavy atom. The minimum Gasteiger partial charge on any atom is -0.494 e. The predicted octanol–water partition coefficient (Wildman–Crippen LogP) is 2.24. The number of ether oxygens (including phenoxy) is 1. The number of rotatable bonds is 5. The van der Waals surface area contributed by atoms with Gasteiger partial charge in [-0.3, -0.25) is 4.68 Å². The molecule has 0 amide bonds. The molecule has 1 aromatic heterocycles. The van der Waals surface area contributed by atoms with Crippen LogP contribution in [-0.2, 0) is 6.54 Å². The first-order chi connectivity index (χ1) is 9.17. The number of aryl methyl sites for hydroxylation is 3. The molecule has 1 aromatic carbocycles. The molecule has 0 aliphatic rings. The number of nitriles is 1. The predicted molar refractivity (Wildman–Crippen MR) is 70.8 cm³/mol. The summed E-state index contributed by atoms with van der Waals surface area (Å²) in [4.78, 5) is 3.84. The quantitative estimate of drug-likeness (QED) is 0.769. The van der Waals surface area contributed by atoms with Gasteiger partial charge in [-0.05, 0) is 37.1 Å². The van der Waals surface area contributed by atoms with Crippen LogP contribution in [0.2, 0.25) is 0 Å². The summed E-state index contributed by atoms with van der Waals surface area (Å²) in [5.41, 5.74) is 2.40. The lowest BCUT2D eigenvalue weighted by Gasteiger charge is -2.08. The van der Waals surface area contributed by atoms with E-state index in [0.717, 1.165) is 12.2 Å². The summed E-state index contributed by atoms with van der Waals surface area (Å²) in [5.74, 6) is 1.10. The van der Waals surface area contributed by atoms with Crippen molar-refractivity contribution in [3.8, 4) is 11.8 Å². The molecule has 2 aromatic rings. The maximum Gasteiger partial charge on any atom is 0.252 e. The maximum absolute atomic E-state index is 8.61. The smallest absolute Gasteiger partial charge is 0.252 e. The Kier molecular flexibility index (Phi) is 4.14. The minimum absolute atomic E-state index is 0.204. The number of hydrogen-bond donors (Lipinski definition) is 0. The molecule has 0 fully saturated rings. The maximum atomic E-state index is 8.61. The van der Waals surface area contributed by atoms with Gasteiger partial charge >= 0.3 is 0 Å². The molecule has 19 heavy (non-hydrogen) atoms. The van der Waals surface area contributed by atoms with Crippen LogP contribution in [0, 0.1) is 25.2 Å². The normalized spacial score (nSPS) is 10.2. The first-order valence-corrected chi connectivity index (χ1v) is 6.18. The van der Waals surface area contributed by atoms with Crippen LogP contribution in [0.1, 0.15) is 23.4 Å². The van der Waals surface area contributed by atoms with Gasteiger partial charge < -0.3 is 4.74 Å². The van der Waals surface area contributed by atoms with Crippen molar-refractivity contribution < 1.29 is 4.74 Å². The van der Waals surface area contributed by atoms with Crippen LogP contribution in [0.25, 0.3) is 0 Å². The van der Waals surface area contributed by atoms with Crippen LogP contribution in [0.4, 0.5) is 0 Å². The molecule has 1 heterocycles. The van der Waals surface area contributed by atoms with Crippen LogP contribution < -0.4 is 4.74 Å². The van der Waals surface area contributed by atoms with Gasteiger partial charge in [-0.15, -0.1) is 5.10 Å². The summed E-state index contributed by atoms with van der Waals surface area (Å²) in [7, 11) is 0. The van der Waals surface area contributed by atoms with E-state index < -0.39 is 0 Å². The zero-order chi connectivity index (χ0) is 13.7. The van der Waals surface area contributed by atoms with Crippen LogP contribution in [-0.4, -0.2) is 21.4 Å². The molecule has 0 saturated carbocycles. The molecular formula is C14H16N4O. The molecule has 0 radical (unpaired) electrons. The van der Waals surface area contributed by atoms with Gasteiger partial charge in [0.25, 0.3) is 5.82 Å². The van der Waals surface area contributed by atoms with Gasteiger partial charge in [-0.25, -0.2) is 4.98 Å². The molecule has 98 valence electrons. The zero-order valence-electron chi connectivity index (χ0n) is 11.1. The Morgan fingerprint density at radius 1 is 1.26 bits per heavy atom. The SMILES string of the molecule is Cc1cc(C)cc(OCCCn2cnc(C#N)n2)c1. The topological polar surface area (TPSA) is 63.7 Å². The highest BCUT2D eigenvalue weighted by atomic mass is 16.5. The Balaban J connectivity index is 1.79. The number of aromatic nitrogens is 3. The summed E-state index contributed by atoms with van der Waals surface area (Å²) < 4.78 is 7.35. The average Bonchev–Trinajstić information content (AvgIpc) is 2.81. The fourth-order valence-electron chi connectivity index (χ4n) is 1.89. The second-order valence-electron chi connectivity index (χ2n) is 4.47. The number of benzene rings is 1. The number of hydrogen-bond acceptors (Lipinski definition) is 4. The van der Waals surface area contributed by atoms with Gasteiger partial charge in [-0.2, -0.15) is 5.26 Å². The standard InChI is InChI=1S/C14H16N4O/c1-11-6-12(2)8-13(7-11)19-5-3-4-18-10-16-14(9-15)17-18/h6-8,10H,3-5H2,1-2H3. The van der Waals surface area contributed by atoms with Crippen molar-refractivity contribution in [1.29, 1.82) is 5.26 Å². The third-order valence-corrected chi connectivity index (χ3v) is 2.63. The van der Waals surface area contributed by atoms with Crippen molar-refractivity contribution in [2.24, 2.45) is 0 Å². The molecule has 0 bridgehead atoms. The Labute approximate surface area is 112 Å². The molecule has 0 atom stereocenters. The van der Waals surface area contributed by atoms with Crippen molar-refractivity contribution in [2.45, 2.75) is 26.8 Å². The largest absolute Gasteiger partial charge is 0.494 e. The van der Waals surface area contributed by atoms with E-state index in [4.69, 9.17) is 10.00 Å². The zero-order valence-corrected chi connectivity index (χ0v) is 11.1. The lowest BCUT2D eigenvalue weighted by Crippen LogP contribution is -2.05. The third kappa shape index (κ3) is 3.81. The van der Waals surface area contributed by atoms with E-state index in [1.807, 2.05) is 18.2 Å². The number of nitrogens with zero attached hydrogens (tertiary/aromatic N) is 4. The van der Waals surface area contributed by atoms with Crippen LogP contribution >= 0.6 is 0 Å². The van der Waals surface area contributed by atoms with Gasteiger partial charge in [0.05, 0.1) is 6.61 Å². The van der Waals surface area contributed by atoms with Crippen molar-refractivity contribution in [2.75, 3.05) is 6.61 Å². The van der Waals surface area contributed by atoms with Gasteiger partial charge in [0.15, 0.2) is 0 Å². The summed E-state index contributed by atoms with van der Waals surface area (Å²) in [6.45, 7) is 5.42. The Bertz CT molecular complexity index is 577. The lowest BCUT2D eigenvalue weighted by molar-refractivity contribution is 0.298. The van der Waals surface area contributed by atoms with Crippen LogP contribution in [0.5, 0.6) is 5.75 Å². The third-order valence-electron chi connectivity index (χ3n) is 2.63. The Hall–Kier alpha value is -2.35. The van der Waals surface area contributed by atoms with Crippen molar-refractivity contribution >= 4 is 0 Å².